The van der Waals surface area contributed by atoms with Crippen LogP contribution in [0, 0.1) is 0 Å². The van der Waals surface area contributed by atoms with Crippen molar-refractivity contribution in [1.82, 2.24) is 19.9 Å². The van der Waals surface area contributed by atoms with E-state index in [-0.39, 0.29) is 46.0 Å². The number of benzene rings is 2. The highest BCUT2D eigenvalue weighted by Crippen LogP contribution is 2.51. The van der Waals surface area contributed by atoms with Crippen LogP contribution in [0.1, 0.15) is 69.6 Å². The molecule has 1 aliphatic rings. The molecule has 3 heterocycles. The number of anilines is 6. The molecule has 0 radical (unpaired) electrons. The zero-order chi connectivity index (χ0) is 27.1. The molecule has 0 aliphatic carbocycles. The molecule has 0 fully saturated rings. The van der Waals surface area contributed by atoms with Crippen LogP contribution in [0.3, 0.4) is 0 Å². The number of carbonyl (C=O) groups is 4. The Kier molecular flexibility index (Phi) is 6.08. The van der Waals surface area contributed by atoms with Crippen molar-refractivity contribution < 1.29 is 19.2 Å². The summed E-state index contributed by atoms with van der Waals surface area (Å²) >= 11 is 0. The Balaban J connectivity index is 1.96. The van der Waals surface area contributed by atoms with Crippen molar-refractivity contribution in [3.63, 3.8) is 0 Å². The molecule has 0 bridgehead atoms. The molecule has 2 aromatic heterocycles. The van der Waals surface area contributed by atoms with Crippen molar-refractivity contribution in [3.05, 3.63) is 83.4 Å². The first-order valence-electron chi connectivity index (χ1n) is 11.8. The molecule has 10 heteroatoms. The second-order valence-corrected chi connectivity index (χ2v) is 8.70. The van der Waals surface area contributed by atoms with E-state index in [0.717, 1.165) is 0 Å². The Morgan fingerprint density at radius 1 is 0.447 bits per heavy atom. The number of fused-ring (bicyclic) bond motifs is 2. The molecule has 0 unspecified atom stereocenters. The van der Waals surface area contributed by atoms with Crippen molar-refractivity contribution in [2.24, 2.45) is 0 Å². The Bertz CT molecular complexity index is 1430. The van der Waals surface area contributed by atoms with Gasteiger partial charge in [0, 0.05) is 39.1 Å². The molecule has 1 aliphatic heterocycles. The lowest BCUT2D eigenvalue weighted by molar-refractivity contribution is 0.0973. The molecule has 4 aromatic rings. The van der Waals surface area contributed by atoms with Gasteiger partial charge in [-0.3, -0.25) is 29.0 Å². The van der Waals surface area contributed by atoms with Crippen LogP contribution in [0.2, 0.25) is 0 Å². The van der Waals surface area contributed by atoms with Gasteiger partial charge in [0.15, 0.2) is 46.4 Å². The summed E-state index contributed by atoms with van der Waals surface area (Å²) in [5.74, 6) is -0.888. The molecular weight excluding hydrogens is 484 g/mol. The normalized spacial score (nSPS) is 12.0. The molecule has 0 amide bonds. The van der Waals surface area contributed by atoms with E-state index in [1.807, 2.05) is 36.4 Å². The largest absolute Gasteiger partial charge is 0.293 e. The van der Waals surface area contributed by atoms with Crippen molar-refractivity contribution >= 4 is 57.8 Å². The van der Waals surface area contributed by atoms with Crippen molar-refractivity contribution in [3.8, 4) is 0 Å². The van der Waals surface area contributed by atoms with E-state index < -0.39 is 23.1 Å². The quantitative estimate of drug-likeness (QED) is 0.279. The van der Waals surface area contributed by atoms with Gasteiger partial charge in [0.05, 0.1) is 0 Å². The molecule has 5 rings (SSSR count). The maximum absolute atomic E-state index is 12.6. The van der Waals surface area contributed by atoms with Gasteiger partial charge in [0.25, 0.3) is 0 Å². The third kappa shape index (κ3) is 4.01. The second-order valence-electron chi connectivity index (χ2n) is 8.70. The molecule has 38 heavy (non-hydrogen) atoms. The number of ketones is 4. The number of carbonyl (C=O) groups excluding carboxylic acids is 4. The zero-order valence-electron chi connectivity index (χ0n) is 21.1. The highest BCUT2D eigenvalue weighted by atomic mass is 16.1. The number of aromatic nitrogens is 4. The van der Waals surface area contributed by atoms with E-state index in [2.05, 4.69) is 19.9 Å². The summed E-state index contributed by atoms with van der Waals surface area (Å²) in [7, 11) is 0. The predicted octanol–water partition coefficient (Wildman–Crippen LogP) is 5.33. The van der Waals surface area contributed by atoms with Gasteiger partial charge < -0.3 is 0 Å². The van der Waals surface area contributed by atoms with Crippen LogP contribution in [0.5, 0.6) is 0 Å². The fourth-order valence-electron chi connectivity index (χ4n) is 4.26. The number of rotatable bonds is 6. The van der Waals surface area contributed by atoms with Crippen molar-refractivity contribution in [1.29, 1.82) is 0 Å². The smallest absolute Gasteiger partial charge is 0.183 e. The Labute approximate surface area is 218 Å². The molecule has 0 saturated carbocycles. The number of hydrogen-bond donors (Lipinski definition) is 0. The highest BCUT2D eigenvalue weighted by Gasteiger charge is 2.39. The standard InChI is InChI=1S/C28H22N6O4/c1-15(35)21-22(16(2)36)30-26-25(29-21)33(19-11-7-5-8-12-19)27-28(34(26)20-13-9-6-10-14-20)32-24(18(4)38)23(31-27)17(3)37/h5-14H,1-4H3. The molecule has 10 nitrogen and oxygen atoms in total. The zero-order valence-corrected chi connectivity index (χ0v) is 21.1. The summed E-state index contributed by atoms with van der Waals surface area (Å²) < 4.78 is 0. The number of Topliss-reactive ketones (excluding diaryl/α,β-unsaturated/α-hetero) is 4. The first kappa shape index (κ1) is 24.6. The minimum atomic E-state index is -0.432. The third-order valence-corrected chi connectivity index (χ3v) is 5.93. The Morgan fingerprint density at radius 3 is 0.895 bits per heavy atom. The van der Waals surface area contributed by atoms with Crippen molar-refractivity contribution in [2.45, 2.75) is 27.7 Å². The van der Waals surface area contributed by atoms with Gasteiger partial charge in [-0.2, -0.15) is 0 Å². The van der Waals surface area contributed by atoms with E-state index in [1.54, 1.807) is 34.1 Å². The molecule has 0 N–H and O–H groups in total. The van der Waals surface area contributed by atoms with Gasteiger partial charge in [-0.15, -0.1) is 0 Å². The van der Waals surface area contributed by atoms with Crippen LogP contribution < -0.4 is 9.80 Å². The third-order valence-electron chi connectivity index (χ3n) is 5.93. The van der Waals surface area contributed by atoms with Crippen LogP contribution in [-0.4, -0.2) is 43.1 Å². The van der Waals surface area contributed by atoms with Crippen LogP contribution in [0.25, 0.3) is 0 Å². The van der Waals surface area contributed by atoms with Gasteiger partial charge in [-0.25, -0.2) is 19.9 Å². The van der Waals surface area contributed by atoms with E-state index in [0.29, 0.717) is 11.4 Å². The van der Waals surface area contributed by atoms with Gasteiger partial charge in [0.1, 0.15) is 22.8 Å². The number of para-hydroxylation sites is 2. The predicted molar refractivity (Wildman–Crippen MR) is 141 cm³/mol. The lowest BCUT2D eigenvalue weighted by Crippen LogP contribution is -2.31. The fraction of sp³-hybridized carbons (Fsp3) is 0.143. The molecule has 0 spiro atoms. The van der Waals surface area contributed by atoms with Crippen LogP contribution in [-0.2, 0) is 0 Å². The Morgan fingerprint density at radius 2 is 0.684 bits per heavy atom. The number of nitrogens with zero attached hydrogens (tertiary/aromatic N) is 6. The topological polar surface area (TPSA) is 126 Å². The summed E-state index contributed by atoms with van der Waals surface area (Å²) in [6.07, 6.45) is 0. The minimum Gasteiger partial charge on any atom is -0.293 e. The van der Waals surface area contributed by atoms with Crippen LogP contribution in [0.4, 0.5) is 34.6 Å². The fourth-order valence-corrected chi connectivity index (χ4v) is 4.26. The minimum absolute atomic E-state index is 0.0891. The van der Waals surface area contributed by atoms with Crippen molar-refractivity contribution in [2.75, 3.05) is 9.80 Å². The van der Waals surface area contributed by atoms with Gasteiger partial charge in [-0.1, -0.05) is 36.4 Å². The van der Waals surface area contributed by atoms with E-state index in [9.17, 15) is 19.2 Å². The van der Waals surface area contributed by atoms with Gasteiger partial charge in [0.2, 0.25) is 0 Å². The summed E-state index contributed by atoms with van der Waals surface area (Å²) in [4.78, 5) is 72.0. The molecule has 188 valence electrons. The van der Waals surface area contributed by atoms with E-state index in [4.69, 9.17) is 0 Å². The van der Waals surface area contributed by atoms with Crippen LogP contribution >= 0.6 is 0 Å². The molecule has 0 atom stereocenters. The average Bonchev–Trinajstić information content (AvgIpc) is 2.90. The molecular formula is C28H22N6O4. The first-order chi connectivity index (χ1) is 18.2. The molecule has 2 aromatic carbocycles. The first-order valence-corrected chi connectivity index (χ1v) is 11.8. The summed E-state index contributed by atoms with van der Waals surface area (Å²) in [6.45, 7) is 5.25. The summed E-state index contributed by atoms with van der Waals surface area (Å²) in [6, 6.07) is 18.1. The lowest BCUT2D eigenvalue weighted by Gasteiger charge is -2.37. The molecule has 0 saturated heterocycles. The monoisotopic (exact) mass is 506 g/mol. The highest BCUT2D eigenvalue weighted by molar-refractivity contribution is 6.09. The lowest BCUT2D eigenvalue weighted by atomic mass is 10.1. The Hall–Kier alpha value is -5.12. The second kappa shape index (κ2) is 9.40. The summed E-state index contributed by atoms with van der Waals surface area (Å²) in [5, 5.41) is 0. The van der Waals surface area contributed by atoms with E-state index in [1.165, 1.54) is 27.7 Å². The average molecular weight is 507 g/mol. The maximum atomic E-state index is 12.6. The summed E-state index contributed by atoms with van der Waals surface area (Å²) in [5.41, 5.74) is 0.841. The van der Waals surface area contributed by atoms with Crippen LogP contribution in [0.15, 0.2) is 60.7 Å². The number of hydrogen-bond acceptors (Lipinski definition) is 10. The SMILES string of the molecule is CC(=O)c1nc2c(nc1C(C)=O)N(c1ccccc1)c1nc(C(C)=O)c(C(C)=O)nc1N2c1ccccc1. The van der Waals surface area contributed by atoms with E-state index >= 15 is 0 Å². The van der Waals surface area contributed by atoms with Gasteiger partial charge in [-0.05, 0) is 24.3 Å². The van der Waals surface area contributed by atoms with Gasteiger partial charge >= 0.3 is 0 Å². The maximum Gasteiger partial charge on any atom is 0.183 e.